The molecular formula is C21H23NO3. The van der Waals surface area contributed by atoms with Crippen LogP contribution in [-0.2, 0) is 9.53 Å². The largest absolute Gasteiger partial charge is 0.444 e. The van der Waals surface area contributed by atoms with Gasteiger partial charge in [0.2, 0.25) is 6.10 Å². The minimum absolute atomic E-state index is 0.209. The molecule has 0 radical (unpaired) electrons. The molecule has 3 rings (SSSR count). The molecule has 0 saturated heterocycles. The molecule has 25 heavy (non-hydrogen) atoms. The highest BCUT2D eigenvalue weighted by molar-refractivity contribution is 5.95. The van der Waals surface area contributed by atoms with Gasteiger partial charge in [-0.15, -0.1) is 0 Å². The van der Waals surface area contributed by atoms with Crippen molar-refractivity contribution in [3.05, 3.63) is 70.3 Å². The summed E-state index contributed by atoms with van der Waals surface area (Å²) in [5, 5.41) is 2.93. The Morgan fingerprint density at radius 1 is 1.04 bits per heavy atom. The molecule has 1 saturated carbocycles. The summed E-state index contributed by atoms with van der Waals surface area (Å²) in [6.45, 7) is 5.77. The number of carbonyl (C=O) groups is 2. The minimum Gasteiger partial charge on any atom is -0.444 e. The molecule has 0 bridgehead atoms. The van der Waals surface area contributed by atoms with Gasteiger partial charge in [0, 0.05) is 11.6 Å². The number of hydrogen-bond acceptors (Lipinski definition) is 3. The summed E-state index contributed by atoms with van der Waals surface area (Å²) in [6.07, 6.45) is 1.03. The van der Waals surface area contributed by atoms with Crippen LogP contribution in [0.4, 0.5) is 0 Å². The van der Waals surface area contributed by atoms with E-state index < -0.39 is 12.1 Å². The van der Waals surface area contributed by atoms with Crippen molar-refractivity contribution in [1.29, 1.82) is 0 Å². The van der Waals surface area contributed by atoms with E-state index in [0.29, 0.717) is 11.1 Å². The first-order chi connectivity index (χ1) is 12.0. The highest BCUT2D eigenvalue weighted by atomic mass is 16.5. The van der Waals surface area contributed by atoms with Gasteiger partial charge in [-0.1, -0.05) is 48.0 Å². The first kappa shape index (κ1) is 17.2. The zero-order valence-electron chi connectivity index (χ0n) is 14.8. The molecule has 0 aromatic heterocycles. The summed E-state index contributed by atoms with van der Waals surface area (Å²) >= 11 is 0. The summed E-state index contributed by atoms with van der Waals surface area (Å²) in [4.78, 5) is 25.4. The Morgan fingerprint density at radius 3 is 2.20 bits per heavy atom. The maximum absolute atomic E-state index is 12.8. The van der Waals surface area contributed by atoms with Crippen LogP contribution in [0.2, 0.25) is 0 Å². The van der Waals surface area contributed by atoms with Gasteiger partial charge in [-0.3, -0.25) is 4.79 Å². The number of nitrogens with one attached hydrogen (secondary N) is 1. The molecule has 1 atom stereocenters. The van der Waals surface area contributed by atoms with Gasteiger partial charge < -0.3 is 10.1 Å². The van der Waals surface area contributed by atoms with Crippen molar-refractivity contribution in [1.82, 2.24) is 5.32 Å². The van der Waals surface area contributed by atoms with Gasteiger partial charge in [-0.25, -0.2) is 4.79 Å². The predicted octanol–water partition coefficient (Wildman–Crippen LogP) is 3.79. The predicted molar refractivity (Wildman–Crippen MR) is 96.4 cm³/mol. The Bertz CT molecular complexity index is 771. The molecule has 1 amide bonds. The van der Waals surface area contributed by atoms with E-state index in [0.717, 1.165) is 29.5 Å². The topological polar surface area (TPSA) is 55.4 Å². The molecular weight excluding hydrogens is 314 g/mol. The standard InChI is InChI=1S/C21H23NO3/c1-13-11-14(2)18(15(3)12-13)21(24)25-19(16-7-5-4-6-8-16)20(23)22-17-9-10-17/h4-8,11-12,17,19H,9-10H2,1-3H3,(H,22,23). The van der Waals surface area contributed by atoms with Crippen molar-refractivity contribution in [2.75, 3.05) is 0 Å². The van der Waals surface area contributed by atoms with Crippen molar-refractivity contribution in [2.45, 2.75) is 45.8 Å². The van der Waals surface area contributed by atoms with E-state index >= 15 is 0 Å². The molecule has 1 aliphatic rings. The van der Waals surface area contributed by atoms with Crippen molar-refractivity contribution < 1.29 is 14.3 Å². The first-order valence-electron chi connectivity index (χ1n) is 8.60. The molecule has 2 aromatic carbocycles. The molecule has 1 aliphatic carbocycles. The number of ether oxygens (including phenoxy) is 1. The van der Waals surface area contributed by atoms with Gasteiger partial charge in [0.05, 0.1) is 5.56 Å². The molecule has 4 heteroatoms. The Labute approximate surface area is 148 Å². The smallest absolute Gasteiger partial charge is 0.339 e. The van der Waals surface area contributed by atoms with Crippen LogP contribution in [0.25, 0.3) is 0 Å². The molecule has 0 heterocycles. The van der Waals surface area contributed by atoms with Crippen LogP contribution >= 0.6 is 0 Å². The van der Waals surface area contributed by atoms with Gasteiger partial charge in [0.1, 0.15) is 0 Å². The Hall–Kier alpha value is -2.62. The number of carbonyl (C=O) groups excluding carboxylic acids is 2. The molecule has 1 unspecified atom stereocenters. The van der Waals surface area contributed by atoms with Crippen LogP contribution < -0.4 is 5.32 Å². The van der Waals surface area contributed by atoms with Crippen LogP contribution in [0.5, 0.6) is 0 Å². The Balaban J connectivity index is 1.87. The molecule has 4 nitrogen and oxygen atoms in total. The van der Waals surface area contributed by atoms with Crippen LogP contribution in [0.3, 0.4) is 0 Å². The molecule has 2 aromatic rings. The Kier molecular flexibility index (Phi) is 4.88. The summed E-state index contributed by atoms with van der Waals surface area (Å²) in [7, 11) is 0. The fourth-order valence-electron chi connectivity index (χ4n) is 3.07. The van der Waals surface area contributed by atoms with Crippen LogP contribution in [0.1, 0.15) is 51.6 Å². The summed E-state index contributed by atoms with van der Waals surface area (Å²) in [5.74, 6) is -0.723. The molecule has 130 valence electrons. The second-order valence-electron chi connectivity index (χ2n) is 6.75. The van der Waals surface area contributed by atoms with E-state index in [9.17, 15) is 9.59 Å². The maximum Gasteiger partial charge on any atom is 0.339 e. The minimum atomic E-state index is -0.936. The van der Waals surface area contributed by atoms with Gasteiger partial charge in [-0.2, -0.15) is 0 Å². The summed E-state index contributed by atoms with van der Waals surface area (Å²) in [6, 6.07) is 13.3. The molecule has 0 aliphatic heterocycles. The Morgan fingerprint density at radius 2 is 1.64 bits per heavy atom. The number of esters is 1. The van der Waals surface area contributed by atoms with Crippen molar-refractivity contribution in [3.63, 3.8) is 0 Å². The summed E-state index contributed by atoms with van der Waals surface area (Å²) < 4.78 is 5.66. The van der Waals surface area contributed by atoms with Gasteiger partial charge in [0.15, 0.2) is 0 Å². The van der Waals surface area contributed by atoms with E-state index in [1.54, 1.807) is 12.1 Å². The number of benzene rings is 2. The van der Waals surface area contributed by atoms with Crippen molar-refractivity contribution in [3.8, 4) is 0 Å². The summed E-state index contributed by atoms with van der Waals surface area (Å²) in [5.41, 5.74) is 4.02. The fraction of sp³-hybridized carbons (Fsp3) is 0.333. The number of rotatable bonds is 5. The van der Waals surface area contributed by atoms with Gasteiger partial charge in [0.25, 0.3) is 5.91 Å². The highest BCUT2D eigenvalue weighted by Crippen LogP contribution is 2.25. The average molecular weight is 337 g/mol. The quantitative estimate of drug-likeness (QED) is 0.845. The third-order valence-electron chi connectivity index (χ3n) is 4.37. The second kappa shape index (κ2) is 7.09. The first-order valence-corrected chi connectivity index (χ1v) is 8.60. The highest BCUT2D eigenvalue weighted by Gasteiger charge is 2.31. The van der Waals surface area contributed by atoms with Crippen LogP contribution in [0.15, 0.2) is 42.5 Å². The average Bonchev–Trinajstić information content (AvgIpc) is 3.36. The van der Waals surface area contributed by atoms with E-state index in [1.807, 2.05) is 51.1 Å². The van der Waals surface area contributed by atoms with Crippen LogP contribution in [-0.4, -0.2) is 17.9 Å². The normalized spacial score (nSPS) is 14.7. The third-order valence-corrected chi connectivity index (χ3v) is 4.37. The zero-order chi connectivity index (χ0) is 18.0. The van der Waals surface area contributed by atoms with Gasteiger partial charge >= 0.3 is 5.97 Å². The van der Waals surface area contributed by atoms with E-state index in [1.165, 1.54) is 0 Å². The van der Waals surface area contributed by atoms with E-state index in [4.69, 9.17) is 4.74 Å². The van der Waals surface area contributed by atoms with Gasteiger partial charge in [-0.05, 0) is 44.7 Å². The van der Waals surface area contributed by atoms with Crippen molar-refractivity contribution >= 4 is 11.9 Å². The third kappa shape index (κ3) is 4.08. The van der Waals surface area contributed by atoms with Crippen LogP contribution in [0, 0.1) is 20.8 Å². The lowest BCUT2D eigenvalue weighted by atomic mass is 10.00. The fourth-order valence-corrected chi connectivity index (χ4v) is 3.07. The monoisotopic (exact) mass is 337 g/mol. The lowest BCUT2D eigenvalue weighted by molar-refractivity contribution is -0.130. The zero-order valence-corrected chi connectivity index (χ0v) is 14.8. The lowest BCUT2D eigenvalue weighted by Gasteiger charge is -2.19. The molecule has 1 N–H and O–H groups in total. The SMILES string of the molecule is Cc1cc(C)c(C(=O)OC(C(=O)NC2CC2)c2ccccc2)c(C)c1. The van der Waals surface area contributed by atoms with Crippen molar-refractivity contribution in [2.24, 2.45) is 0 Å². The number of aryl methyl sites for hydroxylation is 3. The second-order valence-corrected chi connectivity index (χ2v) is 6.75. The molecule has 1 fully saturated rings. The van der Waals surface area contributed by atoms with E-state index in [-0.39, 0.29) is 11.9 Å². The number of amides is 1. The van der Waals surface area contributed by atoms with E-state index in [2.05, 4.69) is 5.32 Å². The maximum atomic E-state index is 12.8. The molecule has 0 spiro atoms. The number of hydrogen-bond donors (Lipinski definition) is 1. The lowest BCUT2D eigenvalue weighted by Crippen LogP contribution is -2.33.